The molecule has 1 rings (SSSR count). The summed E-state index contributed by atoms with van der Waals surface area (Å²) in [6.45, 7) is 1.49. The van der Waals surface area contributed by atoms with E-state index in [2.05, 4.69) is 15.9 Å². The number of rotatable bonds is 2. The zero-order chi connectivity index (χ0) is 12.3. The Morgan fingerprint density at radius 1 is 1.38 bits per heavy atom. The quantitative estimate of drug-likeness (QED) is 0.892. The first-order chi connectivity index (χ1) is 7.32. The molecule has 0 saturated heterocycles. The summed E-state index contributed by atoms with van der Waals surface area (Å²) in [5.41, 5.74) is 0.597. The largest absolute Gasteiger partial charge is 0.471 e. The zero-order valence-electron chi connectivity index (χ0n) is 8.31. The summed E-state index contributed by atoms with van der Waals surface area (Å²) in [6, 6.07) is 6.07. The Morgan fingerprint density at radius 3 is 2.44 bits per heavy atom. The molecule has 6 heteroatoms. The van der Waals surface area contributed by atoms with Crippen molar-refractivity contribution in [3.05, 3.63) is 34.3 Å². The third-order valence-electron chi connectivity index (χ3n) is 1.98. The molecule has 0 radical (unpaired) electrons. The molecule has 0 bridgehead atoms. The van der Waals surface area contributed by atoms with Crippen molar-refractivity contribution in [3.8, 4) is 0 Å². The molecule has 0 aliphatic carbocycles. The molecule has 0 unspecified atom stereocenters. The van der Waals surface area contributed by atoms with Gasteiger partial charge in [-0.3, -0.25) is 4.79 Å². The fourth-order valence-corrected chi connectivity index (χ4v) is 1.81. The second kappa shape index (κ2) is 4.86. The van der Waals surface area contributed by atoms with Crippen molar-refractivity contribution in [3.63, 3.8) is 0 Å². The maximum Gasteiger partial charge on any atom is 0.471 e. The van der Waals surface area contributed by atoms with Gasteiger partial charge in [0.25, 0.3) is 0 Å². The van der Waals surface area contributed by atoms with Crippen molar-refractivity contribution < 1.29 is 18.0 Å². The van der Waals surface area contributed by atoms with Crippen LogP contribution in [0, 0.1) is 0 Å². The van der Waals surface area contributed by atoms with Crippen LogP contribution in [0.5, 0.6) is 0 Å². The standard InChI is InChI=1S/C10H9BrF3NO/c1-6(15-9(16)10(12,13)14)7-4-2-3-5-8(7)11/h2-6H,1H3,(H,15,16)/t6-/m1/s1. The van der Waals surface area contributed by atoms with Crippen molar-refractivity contribution in [1.29, 1.82) is 0 Å². The summed E-state index contributed by atoms with van der Waals surface area (Å²) in [5.74, 6) is -1.93. The van der Waals surface area contributed by atoms with E-state index in [0.717, 1.165) is 0 Å². The van der Waals surface area contributed by atoms with Crippen LogP contribution in [0.3, 0.4) is 0 Å². The fraction of sp³-hybridized carbons (Fsp3) is 0.300. The lowest BCUT2D eigenvalue weighted by atomic mass is 10.1. The summed E-state index contributed by atoms with van der Waals surface area (Å²) < 4.78 is 36.7. The van der Waals surface area contributed by atoms with Gasteiger partial charge in [-0.1, -0.05) is 34.1 Å². The Morgan fingerprint density at radius 2 is 1.94 bits per heavy atom. The minimum Gasteiger partial charge on any atom is -0.342 e. The highest BCUT2D eigenvalue weighted by Gasteiger charge is 2.39. The summed E-state index contributed by atoms with van der Waals surface area (Å²) in [6.07, 6.45) is -4.85. The second-order valence-electron chi connectivity index (χ2n) is 3.21. The molecule has 0 heterocycles. The van der Waals surface area contributed by atoms with Crippen molar-refractivity contribution >= 4 is 21.8 Å². The smallest absolute Gasteiger partial charge is 0.342 e. The van der Waals surface area contributed by atoms with E-state index in [1.54, 1.807) is 24.3 Å². The molecule has 0 aliphatic heterocycles. The summed E-state index contributed by atoms with van der Waals surface area (Å²) in [7, 11) is 0. The van der Waals surface area contributed by atoms with Crippen molar-refractivity contribution in [2.45, 2.75) is 19.1 Å². The van der Waals surface area contributed by atoms with Crippen LogP contribution in [-0.2, 0) is 4.79 Å². The number of carbonyl (C=O) groups is 1. The molecule has 1 N–H and O–H groups in total. The lowest BCUT2D eigenvalue weighted by Gasteiger charge is -2.16. The van der Waals surface area contributed by atoms with Crippen LogP contribution in [0.25, 0.3) is 0 Å². The van der Waals surface area contributed by atoms with Gasteiger partial charge in [-0.2, -0.15) is 13.2 Å². The van der Waals surface area contributed by atoms with Crippen LogP contribution < -0.4 is 5.32 Å². The number of halogens is 4. The van der Waals surface area contributed by atoms with Gasteiger partial charge in [0.15, 0.2) is 0 Å². The summed E-state index contributed by atoms with van der Waals surface area (Å²) >= 11 is 3.20. The minimum absolute atomic E-state index is 0.597. The molecule has 1 atom stereocenters. The average molecular weight is 296 g/mol. The van der Waals surface area contributed by atoms with E-state index >= 15 is 0 Å². The molecular formula is C10H9BrF3NO. The van der Waals surface area contributed by atoms with Crippen molar-refractivity contribution in [2.24, 2.45) is 0 Å². The number of amides is 1. The Balaban J connectivity index is 2.78. The molecule has 0 spiro atoms. The Kier molecular flexibility index (Phi) is 3.96. The van der Waals surface area contributed by atoms with Gasteiger partial charge in [-0.25, -0.2) is 0 Å². The van der Waals surface area contributed by atoms with Crippen LogP contribution >= 0.6 is 15.9 Å². The molecule has 1 aromatic carbocycles. The van der Waals surface area contributed by atoms with Gasteiger partial charge in [0.05, 0.1) is 6.04 Å². The first kappa shape index (κ1) is 13.0. The Labute approximate surface area is 99.0 Å². The molecule has 0 fully saturated rings. The maximum absolute atomic E-state index is 12.0. The Hall–Kier alpha value is -1.04. The Bertz CT molecular complexity index is 392. The molecule has 1 aromatic rings. The third kappa shape index (κ3) is 3.23. The van der Waals surface area contributed by atoms with Crippen LogP contribution in [0.2, 0.25) is 0 Å². The topological polar surface area (TPSA) is 29.1 Å². The van der Waals surface area contributed by atoms with E-state index < -0.39 is 18.1 Å². The van der Waals surface area contributed by atoms with Crippen molar-refractivity contribution in [2.75, 3.05) is 0 Å². The van der Waals surface area contributed by atoms with E-state index in [9.17, 15) is 18.0 Å². The van der Waals surface area contributed by atoms with Crippen molar-refractivity contribution in [1.82, 2.24) is 5.32 Å². The number of alkyl halides is 3. The van der Waals surface area contributed by atoms with Crippen LogP contribution in [0.4, 0.5) is 13.2 Å². The van der Waals surface area contributed by atoms with Gasteiger partial charge >= 0.3 is 12.1 Å². The highest BCUT2D eigenvalue weighted by molar-refractivity contribution is 9.10. The number of benzene rings is 1. The van der Waals surface area contributed by atoms with E-state index in [1.807, 2.05) is 5.32 Å². The minimum atomic E-state index is -4.85. The lowest BCUT2D eigenvalue weighted by Crippen LogP contribution is -2.38. The average Bonchev–Trinajstić information content (AvgIpc) is 2.16. The van der Waals surface area contributed by atoms with E-state index in [0.29, 0.717) is 10.0 Å². The summed E-state index contributed by atoms with van der Waals surface area (Å²) in [4.78, 5) is 10.7. The highest BCUT2D eigenvalue weighted by Crippen LogP contribution is 2.24. The highest BCUT2D eigenvalue weighted by atomic mass is 79.9. The number of hydrogen-bond donors (Lipinski definition) is 1. The van der Waals surface area contributed by atoms with E-state index in [-0.39, 0.29) is 0 Å². The van der Waals surface area contributed by atoms with Gasteiger partial charge in [0.2, 0.25) is 0 Å². The maximum atomic E-state index is 12.0. The molecule has 2 nitrogen and oxygen atoms in total. The summed E-state index contributed by atoms with van der Waals surface area (Å²) in [5, 5.41) is 1.88. The first-order valence-corrected chi connectivity index (χ1v) is 5.24. The van der Waals surface area contributed by atoms with Crippen LogP contribution in [0.1, 0.15) is 18.5 Å². The zero-order valence-corrected chi connectivity index (χ0v) is 9.89. The van der Waals surface area contributed by atoms with Gasteiger partial charge in [-0.15, -0.1) is 0 Å². The monoisotopic (exact) mass is 295 g/mol. The van der Waals surface area contributed by atoms with Crippen LogP contribution in [0.15, 0.2) is 28.7 Å². The van der Waals surface area contributed by atoms with Crippen LogP contribution in [-0.4, -0.2) is 12.1 Å². The number of hydrogen-bond acceptors (Lipinski definition) is 1. The molecule has 0 saturated carbocycles. The third-order valence-corrected chi connectivity index (χ3v) is 2.70. The van der Waals surface area contributed by atoms with E-state index in [1.165, 1.54) is 6.92 Å². The second-order valence-corrected chi connectivity index (χ2v) is 4.07. The van der Waals surface area contributed by atoms with Gasteiger partial charge in [0, 0.05) is 4.47 Å². The molecule has 0 aromatic heterocycles. The number of carbonyl (C=O) groups excluding carboxylic acids is 1. The van der Waals surface area contributed by atoms with Gasteiger partial charge in [0.1, 0.15) is 0 Å². The molecule has 0 aliphatic rings. The lowest BCUT2D eigenvalue weighted by molar-refractivity contribution is -0.174. The van der Waals surface area contributed by atoms with Gasteiger partial charge in [-0.05, 0) is 18.6 Å². The first-order valence-electron chi connectivity index (χ1n) is 4.44. The molecule has 1 amide bonds. The predicted octanol–water partition coefficient (Wildman–Crippen LogP) is 3.19. The van der Waals surface area contributed by atoms with E-state index in [4.69, 9.17) is 0 Å². The molecular weight excluding hydrogens is 287 g/mol. The predicted molar refractivity (Wildman–Crippen MR) is 56.8 cm³/mol. The number of nitrogens with one attached hydrogen (secondary N) is 1. The van der Waals surface area contributed by atoms with Gasteiger partial charge < -0.3 is 5.32 Å². The normalized spacial score (nSPS) is 13.3. The molecule has 88 valence electrons. The molecule has 16 heavy (non-hydrogen) atoms. The SMILES string of the molecule is C[C@@H](NC(=O)C(F)(F)F)c1ccccc1Br. The fourth-order valence-electron chi connectivity index (χ4n) is 1.18.